The molecule has 1 aromatic rings. The summed E-state index contributed by atoms with van der Waals surface area (Å²) in [7, 11) is 0. The summed E-state index contributed by atoms with van der Waals surface area (Å²) in [6.07, 6.45) is 0. The Labute approximate surface area is 113 Å². The Balaban J connectivity index is 1.87. The summed E-state index contributed by atoms with van der Waals surface area (Å²) in [4.78, 5) is 0. The lowest BCUT2D eigenvalue weighted by molar-refractivity contribution is 0.0114. The van der Waals surface area contributed by atoms with E-state index in [0.29, 0.717) is 46.2 Å². The maximum atomic E-state index is 5.69. The van der Waals surface area contributed by atoms with Gasteiger partial charge >= 0.3 is 0 Å². The normalized spacial score (nSPS) is 19.2. The third-order valence-electron chi connectivity index (χ3n) is 2.68. The van der Waals surface area contributed by atoms with Crippen molar-refractivity contribution in [2.45, 2.75) is 0 Å². The molecule has 1 aromatic carbocycles. The van der Waals surface area contributed by atoms with Crippen LogP contribution in [0.25, 0.3) is 0 Å². The molecule has 106 valence electrons. The average molecular weight is 267 g/mol. The molecule has 0 aromatic heterocycles. The third kappa shape index (κ3) is 5.46. The Morgan fingerprint density at radius 3 is 2.16 bits per heavy atom. The molecular formula is C14H21NO4. The van der Waals surface area contributed by atoms with Gasteiger partial charge in [0, 0.05) is 6.54 Å². The molecule has 1 N–H and O–H groups in total. The molecule has 5 nitrogen and oxygen atoms in total. The van der Waals surface area contributed by atoms with Crippen LogP contribution in [0.1, 0.15) is 0 Å². The molecule has 5 heteroatoms. The van der Waals surface area contributed by atoms with E-state index in [1.807, 2.05) is 24.3 Å². The minimum Gasteiger partial charge on any atom is -0.489 e. The highest BCUT2D eigenvalue weighted by Crippen LogP contribution is 2.23. The topological polar surface area (TPSA) is 49.0 Å². The maximum absolute atomic E-state index is 5.69. The molecule has 0 saturated heterocycles. The van der Waals surface area contributed by atoms with Crippen LogP contribution in [0.15, 0.2) is 24.3 Å². The third-order valence-corrected chi connectivity index (χ3v) is 2.68. The Morgan fingerprint density at radius 1 is 0.737 bits per heavy atom. The van der Waals surface area contributed by atoms with Gasteiger partial charge in [0.1, 0.15) is 12.4 Å². The molecule has 1 aliphatic heterocycles. The molecule has 0 aliphatic carbocycles. The van der Waals surface area contributed by atoms with E-state index >= 15 is 0 Å². The molecule has 0 unspecified atom stereocenters. The van der Waals surface area contributed by atoms with Gasteiger partial charge in [0.2, 0.25) is 0 Å². The predicted molar refractivity (Wildman–Crippen MR) is 72.9 cm³/mol. The molecule has 2 rings (SSSR count). The van der Waals surface area contributed by atoms with E-state index in [-0.39, 0.29) is 0 Å². The zero-order valence-corrected chi connectivity index (χ0v) is 11.1. The van der Waals surface area contributed by atoms with Crippen molar-refractivity contribution in [2.75, 3.05) is 58.1 Å². The van der Waals surface area contributed by atoms with Gasteiger partial charge in [-0.2, -0.15) is 0 Å². The monoisotopic (exact) mass is 267 g/mol. The quantitative estimate of drug-likeness (QED) is 0.772. The second kappa shape index (κ2) is 8.74. The minimum absolute atomic E-state index is 0.537. The SMILES string of the molecule is c1ccc2c(c1)NCCOCCOCCOCCO2. The van der Waals surface area contributed by atoms with Crippen molar-refractivity contribution in [3.05, 3.63) is 24.3 Å². The summed E-state index contributed by atoms with van der Waals surface area (Å²) >= 11 is 0. The Bertz CT molecular complexity index is 326. The van der Waals surface area contributed by atoms with Crippen LogP contribution in [0.4, 0.5) is 5.69 Å². The summed E-state index contributed by atoms with van der Waals surface area (Å²) in [5.41, 5.74) is 0.984. The minimum atomic E-state index is 0.537. The molecule has 1 heterocycles. The first kappa shape index (κ1) is 14.1. The Kier molecular flexibility index (Phi) is 6.49. The summed E-state index contributed by atoms with van der Waals surface area (Å²) in [6, 6.07) is 7.89. The number of fused-ring (bicyclic) bond motifs is 1. The van der Waals surface area contributed by atoms with E-state index in [0.717, 1.165) is 18.0 Å². The summed E-state index contributed by atoms with van der Waals surface area (Å²) < 4.78 is 21.9. The zero-order chi connectivity index (χ0) is 13.2. The molecule has 0 saturated carbocycles. The van der Waals surface area contributed by atoms with Crippen LogP contribution in [0.5, 0.6) is 5.75 Å². The van der Waals surface area contributed by atoms with Gasteiger partial charge in [0.05, 0.1) is 45.3 Å². The number of para-hydroxylation sites is 2. The van der Waals surface area contributed by atoms with Crippen molar-refractivity contribution in [2.24, 2.45) is 0 Å². The fourth-order valence-corrected chi connectivity index (χ4v) is 1.75. The highest BCUT2D eigenvalue weighted by Gasteiger charge is 2.02. The lowest BCUT2D eigenvalue weighted by Crippen LogP contribution is -2.13. The van der Waals surface area contributed by atoms with E-state index in [9.17, 15) is 0 Å². The number of anilines is 1. The number of rotatable bonds is 0. The fourth-order valence-electron chi connectivity index (χ4n) is 1.75. The summed E-state index contributed by atoms with van der Waals surface area (Å²) in [5, 5.41) is 3.30. The lowest BCUT2D eigenvalue weighted by Gasteiger charge is -2.13. The van der Waals surface area contributed by atoms with Gasteiger partial charge in [0.25, 0.3) is 0 Å². The van der Waals surface area contributed by atoms with E-state index in [4.69, 9.17) is 18.9 Å². The predicted octanol–water partition coefficient (Wildman–Crippen LogP) is 1.54. The molecule has 0 fully saturated rings. The first-order valence-electron chi connectivity index (χ1n) is 6.66. The maximum Gasteiger partial charge on any atom is 0.142 e. The van der Waals surface area contributed by atoms with Gasteiger partial charge in [0.15, 0.2) is 0 Å². The first-order chi connectivity index (χ1) is 9.47. The highest BCUT2D eigenvalue weighted by molar-refractivity contribution is 5.56. The van der Waals surface area contributed by atoms with Crippen molar-refractivity contribution in [1.82, 2.24) is 0 Å². The number of hydrogen-bond acceptors (Lipinski definition) is 5. The van der Waals surface area contributed by atoms with Crippen LogP contribution in [-0.2, 0) is 14.2 Å². The standard InChI is InChI=1S/C14H21NO4/c1-2-4-14-13(3-1)15-5-6-16-7-8-17-9-10-18-11-12-19-14/h1-4,15H,5-12H2. The lowest BCUT2D eigenvalue weighted by atomic mass is 10.3. The van der Waals surface area contributed by atoms with Crippen LogP contribution >= 0.6 is 0 Å². The van der Waals surface area contributed by atoms with Gasteiger partial charge in [-0.3, -0.25) is 0 Å². The largest absolute Gasteiger partial charge is 0.489 e. The van der Waals surface area contributed by atoms with E-state index in [2.05, 4.69) is 5.32 Å². The van der Waals surface area contributed by atoms with Crippen LogP contribution in [-0.4, -0.2) is 52.8 Å². The van der Waals surface area contributed by atoms with Crippen LogP contribution < -0.4 is 10.1 Å². The van der Waals surface area contributed by atoms with Crippen LogP contribution in [0.2, 0.25) is 0 Å². The van der Waals surface area contributed by atoms with Crippen molar-refractivity contribution in [1.29, 1.82) is 0 Å². The van der Waals surface area contributed by atoms with Crippen molar-refractivity contribution in [3.8, 4) is 5.75 Å². The number of benzene rings is 1. The van der Waals surface area contributed by atoms with Gasteiger partial charge in [-0.15, -0.1) is 0 Å². The van der Waals surface area contributed by atoms with E-state index in [1.165, 1.54) is 0 Å². The van der Waals surface area contributed by atoms with Gasteiger partial charge < -0.3 is 24.3 Å². The average Bonchev–Trinajstić information content (AvgIpc) is 2.45. The second-order valence-electron chi connectivity index (χ2n) is 4.11. The zero-order valence-electron chi connectivity index (χ0n) is 11.1. The molecule has 19 heavy (non-hydrogen) atoms. The summed E-state index contributed by atoms with van der Waals surface area (Å²) in [6.45, 7) is 4.90. The van der Waals surface area contributed by atoms with Gasteiger partial charge in [-0.1, -0.05) is 12.1 Å². The fraction of sp³-hybridized carbons (Fsp3) is 0.571. The molecule has 0 atom stereocenters. The Hall–Kier alpha value is -1.30. The number of hydrogen-bond donors (Lipinski definition) is 1. The molecule has 0 spiro atoms. The Morgan fingerprint density at radius 2 is 1.37 bits per heavy atom. The van der Waals surface area contributed by atoms with Crippen LogP contribution in [0, 0.1) is 0 Å². The molecular weight excluding hydrogens is 246 g/mol. The highest BCUT2D eigenvalue weighted by atomic mass is 16.6. The second-order valence-corrected chi connectivity index (χ2v) is 4.11. The smallest absolute Gasteiger partial charge is 0.142 e. The number of ether oxygens (including phenoxy) is 4. The van der Waals surface area contributed by atoms with Crippen molar-refractivity contribution >= 4 is 5.69 Å². The van der Waals surface area contributed by atoms with Crippen LogP contribution in [0.3, 0.4) is 0 Å². The molecule has 0 bridgehead atoms. The first-order valence-corrected chi connectivity index (χ1v) is 6.66. The molecule has 0 radical (unpaired) electrons. The van der Waals surface area contributed by atoms with Gasteiger partial charge in [-0.25, -0.2) is 0 Å². The molecule has 0 amide bonds. The van der Waals surface area contributed by atoms with Crippen molar-refractivity contribution < 1.29 is 18.9 Å². The summed E-state index contributed by atoms with van der Waals surface area (Å²) in [5.74, 6) is 0.845. The van der Waals surface area contributed by atoms with Crippen molar-refractivity contribution in [3.63, 3.8) is 0 Å². The van der Waals surface area contributed by atoms with E-state index < -0.39 is 0 Å². The van der Waals surface area contributed by atoms with E-state index in [1.54, 1.807) is 0 Å². The molecule has 1 aliphatic rings. The van der Waals surface area contributed by atoms with Gasteiger partial charge in [-0.05, 0) is 12.1 Å². The number of nitrogens with one attached hydrogen (secondary N) is 1.